The Kier molecular flexibility index (Phi) is 20.0. The van der Waals surface area contributed by atoms with Gasteiger partial charge in [-0.3, -0.25) is 0 Å². The number of piperidine rings is 1. The molecule has 0 radical (unpaired) electrons. The van der Waals surface area contributed by atoms with Crippen molar-refractivity contribution in [3.63, 3.8) is 0 Å². The molecule has 2 heterocycles. The maximum absolute atomic E-state index is 9.75. The number of methoxy groups -OCH3 is 1. The van der Waals surface area contributed by atoms with Crippen LogP contribution in [-0.2, 0) is 18.3 Å². The Hall–Kier alpha value is 0.531. The summed E-state index contributed by atoms with van der Waals surface area (Å²) in [6, 6.07) is 0. The van der Waals surface area contributed by atoms with Gasteiger partial charge in [0, 0.05) is 13.7 Å². The van der Waals surface area contributed by atoms with Crippen molar-refractivity contribution in [1.29, 1.82) is 0 Å². The molecule has 0 aromatic heterocycles. The number of nitrogens with zero attached hydrogens (tertiary/aromatic N) is 1. The van der Waals surface area contributed by atoms with E-state index in [-0.39, 0.29) is 41.6 Å². The van der Waals surface area contributed by atoms with Crippen LogP contribution >= 0.6 is 0 Å². The summed E-state index contributed by atoms with van der Waals surface area (Å²) in [6.07, 6.45) is 13.3. The maximum Gasteiger partial charge on any atom is 1.00 e. The molecular weight excluding hydrogens is 638 g/mol. The largest absolute Gasteiger partial charge is 1.00 e. The van der Waals surface area contributed by atoms with Gasteiger partial charge >= 0.3 is 18.9 Å². The maximum atomic E-state index is 9.75. The van der Waals surface area contributed by atoms with E-state index < -0.39 is 16.6 Å². The van der Waals surface area contributed by atoms with Gasteiger partial charge in [0.25, 0.3) is 0 Å². The molecule has 2 saturated carbocycles. The van der Waals surface area contributed by atoms with E-state index in [1.165, 1.54) is 25.7 Å². The number of hydrogen-bond acceptors (Lipinski definition) is 5. The number of epoxide rings is 1. The zero-order chi connectivity index (χ0) is 37.4. The van der Waals surface area contributed by atoms with Crippen LogP contribution in [0, 0.1) is 17.8 Å². The molecule has 1 N–H and O–H groups in total. The first-order valence-electron chi connectivity index (χ1n) is 19.1. The van der Waals surface area contributed by atoms with Crippen molar-refractivity contribution in [2.75, 3.05) is 26.9 Å². The van der Waals surface area contributed by atoms with E-state index in [0.29, 0.717) is 28.0 Å². The second kappa shape index (κ2) is 19.7. The molecule has 4 fully saturated rings. The quantitative estimate of drug-likeness (QED) is 0.148. The monoisotopic (exact) mass is 720 g/mol. The topological polar surface area (TPSA) is 74.5 Å². The van der Waals surface area contributed by atoms with Gasteiger partial charge < -0.3 is 28.7 Å². The third-order valence-corrected chi connectivity index (χ3v) is 20.4. The SMILES string of the molecule is CC(C)(C)[Si](C)(C)OC/C=C/CCC1CO1.CC(C)(C)[Si](C)(C)OC[C@H]1[C@@H]2CC[C@@H](O)[C@@H]21.CC1(C)CCCC(C)(C)[N-]1.COC(C)(C)C.[Li+]. The van der Waals surface area contributed by atoms with Crippen LogP contribution in [0.25, 0.3) is 5.32 Å². The molecule has 2 saturated heterocycles. The smallest absolute Gasteiger partial charge is 0.652 e. The van der Waals surface area contributed by atoms with E-state index in [4.69, 9.17) is 23.6 Å². The Morgan fingerprint density at radius 1 is 0.816 bits per heavy atom. The van der Waals surface area contributed by atoms with E-state index >= 15 is 0 Å². The van der Waals surface area contributed by atoms with Crippen LogP contribution in [0.15, 0.2) is 12.2 Å². The molecule has 2 aliphatic heterocycles. The van der Waals surface area contributed by atoms with Gasteiger partial charge in [0.15, 0.2) is 16.6 Å². The molecule has 9 heteroatoms. The molecule has 0 amide bonds. The molecule has 4 aliphatic rings. The molecule has 0 bridgehead atoms. The van der Waals surface area contributed by atoms with Crippen molar-refractivity contribution >= 4 is 16.6 Å². The number of rotatable bonds is 9. The Balaban J connectivity index is 0.000000659. The number of allylic oxidation sites excluding steroid dienone is 1. The molecule has 1 unspecified atom stereocenters. The van der Waals surface area contributed by atoms with Crippen LogP contribution in [-0.4, -0.2) is 77.6 Å². The average molecular weight is 720 g/mol. The van der Waals surface area contributed by atoms with Crippen molar-refractivity contribution in [1.82, 2.24) is 0 Å². The Morgan fingerprint density at radius 2 is 1.29 bits per heavy atom. The first-order valence-corrected chi connectivity index (χ1v) is 24.9. The Morgan fingerprint density at radius 3 is 1.63 bits per heavy atom. The van der Waals surface area contributed by atoms with E-state index in [1.807, 2.05) is 20.8 Å². The van der Waals surface area contributed by atoms with E-state index in [1.54, 1.807) is 7.11 Å². The summed E-state index contributed by atoms with van der Waals surface area (Å²) < 4.78 is 22.4. The van der Waals surface area contributed by atoms with Crippen LogP contribution < -0.4 is 18.9 Å². The number of aliphatic hydroxyl groups excluding tert-OH is 1. The summed E-state index contributed by atoms with van der Waals surface area (Å²) in [7, 11) is -1.42. The first-order chi connectivity index (χ1) is 21.5. The van der Waals surface area contributed by atoms with Crippen molar-refractivity contribution in [2.45, 2.75) is 200 Å². The van der Waals surface area contributed by atoms with Crippen molar-refractivity contribution in [3.05, 3.63) is 17.5 Å². The predicted molar refractivity (Wildman–Crippen MR) is 212 cm³/mol. The molecular formula is C40H82LiNO5Si2. The molecule has 0 spiro atoms. The van der Waals surface area contributed by atoms with Gasteiger partial charge in [-0.05, 0) is 100 Å². The predicted octanol–water partition coefficient (Wildman–Crippen LogP) is 8.31. The van der Waals surface area contributed by atoms with E-state index in [2.05, 4.69) is 108 Å². The molecule has 0 aromatic rings. The van der Waals surface area contributed by atoms with Gasteiger partial charge in [-0.25, -0.2) is 0 Å². The normalized spacial score (nSPS) is 27.3. The first kappa shape index (κ1) is 49.5. The van der Waals surface area contributed by atoms with E-state index in [9.17, 15) is 5.11 Å². The Labute approximate surface area is 319 Å². The fraction of sp³-hybridized carbons (Fsp3) is 0.950. The number of hydrogen-bond donors (Lipinski definition) is 1. The fourth-order valence-corrected chi connectivity index (χ4v) is 7.81. The minimum Gasteiger partial charge on any atom is -0.652 e. The fourth-order valence-electron chi connectivity index (χ4n) is 5.82. The van der Waals surface area contributed by atoms with Crippen LogP contribution in [0.3, 0.4) is 0 Å². The zero-order valence-electron chi connectivity index (χ0n) is 36.1. The van der Waals surface area contributed by atoms with E-state index in [0.717, 1.165) is 45.0 Å². The molecule has 2 aliphatic carbocycles. The van der Waals surface area contributed by atoms with Crippen LogP contribution in [0.5, 0.6) is 0 Å². The van der Waals surface area contributed by atoms with Crippen LogP contribution in [0.1, 0.15) is 135 Å². The van der Waals surface area contributed by atoms with Crippen molar-refractivity contribution in [2.24, 2.45) is 17.8 Å². The van der Waals surface area contributed by atoms with Gasteiger partial charge in [0.2, 0.25) is 0 Å². The average Bonchev–Trinajstić information content (AvgIpc) is 3.81. The third-order valence-electron chi connectivity index (χ3n) is 11.4. The van der Waals surface area contributed by atoms with Gasteiger partial charge in [0.1, 0.15) is 0 Å². The van der Waals surface area contributed by atoms with Gasteiger partial charge in [0.05, 0.1) is 31.0 Å². The van der Waals surface area contributed by atoms with Crippen LogP contribution in [0.4, 0.5) is 0 Å². The van der Waals surface area contributed by atoms with Crippen molar-refractivity contribution in [3.8, 4) is 0 Å². The molecule has 49 heavy (non-hydrogen) atoms. The second-order valence-electron chi connectivity index (χ2n) is 20.1. The number of aliphatic hydroxyl groups is 1. The summed E-state index contributed by atoms with van der Waals surface area (Å²) >= 11 is 0. The summed E-state index contributed by atoms with van der Waals surface area (Å²) in [6.45, 7) is 40.5. The summed E-state index contributed by atoms with van der Waals surface area (Å²) in [5.74, 6) is 2.02. The molecule has 0 aromatic carbocycles. The molecule has 286 valence electrons. The molecule has 6 nitrogen and oxygen atoms in total. The minimum atomic E-state index is -1.58. The second-order valence-corrected chi connectivity index (χ2v) is 29.7. The Bertz CT molecular complexity index is 947. The number of ether oxygens (including phenoxy) is 2. The molecule has 5 atom stereocenters. The summed E-state index contributed by atoms with van der Waals surface area (Å²) in [5.41, 5.74) is 0.517. The zero-order valence-corrected chi connectivity index (χ0v) is 38.1. The van der Waals surface area contributed by atoms with Gasteiger partial charge in [-0.15, -0.1) is 11.1 Å². The van der Waals surface area contributed by atoms with Gasteiger partial charge in [-0.1, -0.05) is 101 Å². The standard InChI is InChI=1S/2C13H26O2Si.C9H18N.C5H12O.Li/c1-13(2,3)16(4,5)15-8-10-9-6-7-11(14)12(9)10;1-13(2,3)16(4,5)15-10-8-6-7-9-12-11-14-12;1-8(2)6-5-7-9(3,4)10-8;1-5(2,3)6-4;/h9-12,14H,6-8H2,1-5H3;6,8,12H,7,9-11H2,1-5H3;5-7H2,1-4H3;1-4H3;/q;;-1;;+1/b;8-6+;;;/t9-,10-,11+,12-;;;;/m0..../s1. The summed E-state index contributed by atoms with van der Waals surface area (Å²) in [5, 5.41) is 15.1. The third kappa shape index (κ3) is 19.4. The van der Waals surface area contributed by atoms with Crippen LogP contribution in [0.2, 0.25) is 36.3 Å². The molecule has 4 rings (SSSR count). The number of fused-ring (bicyclic) bond motifs is 1. The van der Waals surface area contributed by atoms with Gasteiger partial charge in [-0.2, -0.15) is 0 Å². The van der Waals surface area contributed by atoms with Crippen molar-refractivity contribution < 1.29 is 42.3 Å². The minimum absolute atomic E-state index is 0. The summed E-state index contributed by atoms with van der Waals surface area (Å²) in [4.78, 5) is 0.